The molecule has 2 N–H and O–H groups in total. The number of alkyl halides is 5. The number of H-pyrrole nitrogens is 1. The molecule has 0 bridgehead atoms. The highest BCUT2D eigenvalue weighted by Crippen LogP contribution is 2.63. The summed E-state index contributed by atoms with van der Waals surface area (Å²) in [4.78, 5) is 38.5. The molecule has 0 amide bonds. The molecule has 52 heavy (non-hydrogen) atoms. The van der Waals surface area contributed by atoms with E-state index in [-0.39, 0.29) is 34.0 Å². The summed E-state index contributed by atoms with van der Waals surface area (Å²) in [5.41, 5.74) is 1.05. The van der Waals surface area contributed by atoms with Crippen molar-refractivity contribution in [1.82, 2.24) is 9.55 Å². The molecule has 1 heterocycles. The van der Waals surface area contributed by atoms with Crippen molar-refractivity contribution in [2.45, 2.75) is 142 Å². The van der Waals surface area contributed by atoms with E-state index in [0.717, 1.165) is 75.8 Å². The van der Waals surface area contributed by atoms with E-state index >= 15 is 0 Å². The third-order valence-corrected chi connectivity index (χ3v) is 14.0. The quantitative estimate of drug-likeness (QED) is 0.113. The zero-order valence-electron chi connectivity index (χ0n) is 31.4. The number of hydrogen-bond acceptors (Lipinski definition) is 6. The highest BCUT2D eigenvalue weighted by molar-refractivity contribution is 8.00. The van der Waals surface area contributed by atoms with Crippen LogP contribution < -0.4 is 11.2 Å². The third kappa shape index (κ3) is 9.44. The Balaban J connectivity index is 0.000000263. The maximum absolute atomic E-state index is 12.7. The average Bonchev–Trinajstić information content (AvgIpc) is 3.35. The Bertz CT molecular complexity index is 1550. The predicted molar refractivity (Wildman–Crippen MR) is 194 cm³/mol. The van der Waals surface area contributed by atoms with Crippen LogP contribution in [0.15, 0.2) is 45.8 Å². The predicted octanol–water partition coefficient (Wildman–Crippen LogP) is 9.89. The number of thioether (sulfide) groups is 1. The molecule has 0 spiro atoms. The average molecular weight is 761 g/mol. The summed E-state index contributed by atoms with van der Waals surface area (Å²) in [6, 6.07) is 1.12. The van der Waals surface area contributed by atoms with Gasteiger partial charge < -0.3 is 14.8 Å². The highest BCUT2D eigenvalue weighted by atomic mass is 32.2. The molecule has 0 radical (unpaired) electrons. The van der Waals surface area contributed by atoms with Gasteiger partial charge >= 0.3 is 23.9 Å². The van der Waals surface area contributed by atoms with Gasteiger partial charge in [0.25, 0.3) is 5.56 Å². The van der Waals surface area contributed by atoms with E-state index in [1.54, 1.807) is 0 Å². The molecule has 7 unspecified atom stereocenters. The number of halogens is 5. The Kier molecular flexibility index (Phi) is 13.1. The molecule has 7 atom stereocenters. The first-order chi connectivity index (χ1) is 24.0. The Morgan fingerprint density at radius 1 is 1.08 bits per heavy atom. The van der Waals surface area contributed by atoms with Crippen molar-refractivity contribution >= 4 is 17.9 Å². The second-order valence-corrected chi connectivity index (χ2v) is 18.9. The van der Waals surface area contributed by atoms with Gasteiger partial charge in [-0.15, -0.1) is 0 Å². The lowest BCUT2D eigenvalue weighted by Crippen LogP contribution is -2.49. The zero-order chi connectivity index (χ0) is 38.9. The van der Waals surface area contributed by atoms with Crippen LogP contribution in [-0.2, 0) is 4.74 Å². The molecule has 4 saturated carbocycles. The van der Waals surface area contributed by atoms with Crippen molar-refractivity contribution in [3.05, 3.63) is 57.1 Å². The molecule has 294 valence electrons. The van der Waals surface area contributed by atoms with Gasteiger partial charge in [0.2, 0.25) is 0 Å². The maximum Gasteiger partial charge on any atom is 0.453 e. The molecule has 4 fully saturated rings. The molecular weight excluding hydrogens is 703 g/mol. The number of nitrogens with zero attached hydrogens (tertiary/aromatic N) is 1. The summed E-state index contributed by atoms with van der Waals surface area (Å²) >= 11 is 1.47. The zero-order valence-corrected chi connectivity index (χ0v) is 32.2. The van der Waals surface area contributed by atoms with E-state index in [1.807, 2.05) is 13.8 Å². The lowest BCUT2D eigenvalue weighted by Gasteiger charge is -2.56. The number of hydrogen-bond donors (Lipinski definition) is 2. The molecular formula is C39H57F5N2O5S. The molecule has 0 saturated heterocycles. The summed E-state index contributed by atoms with van der Waals surface area (Å²) in [5, 5.41) is 10.6. The summed E-state index contributed by atoms with van der Waals surface area (Å²) in [6.07, 6.45) is 4.73. The van der Waals surface area contributed by atoms with E-state index < -0.39 is 35.9 Å². The smallest absolute Gasteiger partial charge is 0.418 e. The van der Waals surface area contributed by atoms with Crippen LogP contribution >= 0.6 is 11.8 Å². The minimum Gasteiger partial charge on any atom is -0.418 e. The summed E-state index contributed by atoms with van der Waals surface area (Å²) < 4.78 is 67.2. The molecule has 5 rings (SSSR count). The lowest BCUT2D eigenvalue weighted by molar-refractivity contribution is -0.284. The highest BCUT2D eigenvalue weighted by Gasteiger charge is 2.58. The van der Waals surface area contributed by atoms with Crippen molar-refractivity contribution in [3.8, 4) is 0 Å². The Hall–Kier alpha value is -2.41. The molecule has 0 aromatic carbocycles. The lowest BCUT2D eigenvalue weighted by atomic mass is 9.49. The van der Waals surface area contributed by atoms with Crippen molar-refractivity contribution in [2.24, 2.45) is 40.4 Å². The van der Waals surface area contributed by atoms with Crippen LogP contribution in [0.5, 0.6) is 0 Å². The topological polar surface area (TPSA) is 101 Å². The molecule has 4 aliphatic carbocycles. The second-order valence-electron chi connectivity index (χ2n) is 17.1. The number of aliphatic hydroxyl groups is 1. The monoisotopic (exact) mass is 760 g/mol. The van der Waals surface area contributed by atoms with E-state index in [0.29, 0.717) is 34.0 Å². The minimum absolute atomic E-state index is 0.0498. The molecule has 4 aliphatic rings. The number of carbonyl (C=O) groups is 1. The van der Waals surface area contributed by atoms with Crippen LogP contribution in [0.4, 0.5) is 26.7 Å². The van der Waals surface area contributed by atoms with Crippen molar-refractivity contribution < 1.29 is 36.6 Å². The van der Waals surface area contributed by atoms with Gasteiger partial charge in [0.05, 0.1) is 12.4 Å². The molecule has 1 aromatic rings. The van der Waals surface area contributed by atoms with Gasteiger partial charge in [-0.3, -0.25) is 4.79 Å². The molecule has 7 nitrogen and oxygen atoms in total. The molecule has 1 aromatic heterocycles. The fraction of sp³-hybridized carbons (Fsp3) is 0.769. The number of rotatable bonds is 9. The second kappa shape index (κ2) is 16.1. The van der Waals surface area contributed by atoms with Gasteiger partial charge in [-0.25, -0.2) is 9.59 Å². The van der Waals surface area contributed by atoms with E-state index in [9.17, 15) is 41.4 Å². The van der Waals surface area contributed by atoms with E-state index in [1.165, 1.54) is 29.8 Å². The van der Waals surface area contributed by atoms with E-state index in [2.05, 4.69) is 39.3 Å². The van der Waals surface area contributed by atoms with Gasteiger partial charge in [-0.05, 0) is 116 Å². The van der Waals surface area contributed by atoms with Crippen molar-refractivity contribution in [3.63, 3.8) is 0 Å². The van der Waals surface area contributed by atoms with Gasteiger partial charge in [0.15, 0.2) is 0 Å². The number of carbonyl (C=O) groups excluding carboxylic acids is 1. The number of aliphatic hydroxyl groups excluding tert-OH is 1. The third-order valence-electron chi connectivity index (χ3n) is 12.6. The minimum atomic E-state index is -5.43. The first-order valence-electron chi connectivity index (χ1n) is 18.7. The number of allylic oxidation sites excluding steroid dienone is 2. The van der Waals surface area contributed by atoms with Crippen molar-refractivity contribution in [1.29, 1.82) is 0 Å². The van der Waals surface area contributed by atoms with E-state index in [4.69, 9.17) is 4.74 Å². The number of ether oxygens (including phenoxy) is 1. The van der Waals surface area contributed by atoms with Crippen LogP contribution in [0.1, 0.15) is 119 Å². The number of aromatic nitrogens is 2. The maximum atomic E-state index is 12.7. The normalized spacial score (nSPS) is 30.2. The fourth-order valence-corrected chi connectivity index (χ4v) is 11.0. The SMILES string of the molecule is C=C1CC/C(=C\OC(=O)n2c(=O)cc[nH]c2=O)C2CCC3C(CCC4(C)C(O)CCC34)C12.CCC(C)(C)CC(C)(C)SCCCC(F)(F)C(F)(F)F. The van der Waals surface area contributed by atoms with Crippen LogP contribution in [-0.4, -0.2) is 49.5 Å². The number of nitrogens with one attached hydrogen (secondary N) is 1. The summed E-state index contributed by atoms with van der Waals surface area (Å²) in [7, 11) is 0. The number of fused-ring (bicyclic) bond motifs is 5. The number of aromatic amines is 1. The largest absolute Gasteiger partial charge is 0.453 e. The molecule has 0 aliphatic heterocycles. The first-order valence-corrected chi connectivity index (χ1v) is 19.7. The van der Waals surface area contributed by atoms with Gasteiger partial charge in [0, 0.05) is 23.4 Å². The standard InChI is InChI=1S/C25H32N2O5.C14H25F5S/c1-14-3-4-15(13-32-24(31)27-21(29)10-12-26-23(27)30)16-5-6-17-18(22(14)16)9-11-25(2)19(17)7-8-20(25)28;1-6-11(2,3)10-12(4,5)20-9-7-8-13(15,16)14(17,18)19/h10,12-13,16-20,22,28H,1,3-9,11H2,2H3,(H,26,30);6-10H2,1-5H3/b15-13+;. The van der Waals surface area contributed by atoms with Gasteiger partial charge in [-0.2, -0.15) is 38.3 Å². The molecule has 13 heteroatoms. The summed E-state index contributed by atoms with van der Waals surface area (Å²) in [6.45, 7) is 17.1. The summed E-state index contributed by atoms with van der Waals surface area (Å²) in [5.74, 6) is -1.84. The van der Waals surface area contributed by atoms with Crippen LogP contribution in [0.25, 0.3) is 0 Å². The van der Waals surface area contributed by atoms with Crippen LogP contribution in [0, 0.1) is 40.4 Å². The fourth-order valence-electron chi connectivity index (χ4n) is 9.69. The van der Waals surface area contributed by atoms with Gasteiger partial charge in [0.1, 0.15) is 0 Å². The van der Waals surface area contributed by atoms with Crippen molar-refractivity contribution in [2.75, 3.05) is 5.75 Å². The first kappa shape index (κ1) is 42.3. The Labute approximate surface area is 308 Å². The van der Waals surface area contributed by atoms with Crippen LogP contribution in [0.3, 0.4) is 0 Å². The Morgan fingerprint density at radius 2 is 1.77 bits per heavy atom. The van der Waals surface area contributed by atoms with Gasteiger partial charge in [-0.1, -0.05) is 60.1 Å². The van der Waals surface area contributed by atoms with Crippen LogP contribution in [0.2, 0.25) is 0 Å². The Morgan fingerprint density at radius 3 is 2.40 bits per heavy atom.